The normalized spacial score (nSPS) is 14.1. The summed E-state index contributed by atoms with van der Waals surface area (Å²) in [6.45, 7) is 6.22. The van der Waals surface area contributed by atoms with Crippen LogP contribution in [-0.4, -0.2) is 50.2 Å². The van der Waals surface area contributed by atoms with Crippen molar-refractivity contribution >= 4 is 11.9 Å². The van der Waals surface area contributed by atoms with Crippen LogP contribution in [0.4, 0.5) is 0 Å². The molecule has 7 nitrogen and oxygen atoms in total. The van der Waals surface area contributed by atoms with Gasteiger partial charge in [0.2, 0.25) is 11.5 Å². The first-order chi connectivity index (χ1) is 14.5. The van der Waals surface area contributed by atoms with Gasteiger partial charge in [0.15, 0.2) is 17.3 Å². The first-order valence-corrected chi connectivity index (χ1v) is 9.79. The maximum absolute atomic E-state index is 13.0. The molecular weight excluding hydrogens is 386 g/mol. The highest BCUT2D eigenvalue weighted by Crippen LogP contribution is 2.43. The molecule has 0 radical (unpaired) electrons. The van der Waals surface area contributed by atoms with Crippen LogP contribution in [0.3, 0.4) is 0 Å². The van der Waals surface area contributed by atoms with E-state index in [9.17, 15) is 9.90 Å². The minimum Gasteiger partial charge on any atom is -0.507 e. The molecule has 0 fully saturated rings. The van der Waals surface area contributed by atoms with Gasteiger partial charge in [0.05, 0.1) is 32.5 Å². The van der Waals surface area contributed by atoms with E-state index in [1.165, 1.54) is 14.2 Å². The number of carbonyl (C=O) groups excluding carboxylic acids is 1. The van der Waals surface area contributed by atoms with E-state index in [-0.39, 0.29) is 17.3 Å². The first kappa shape index (κ1) is 21.5. The molecule has 0 atom stereocenters. The molecule has 30 heavy (non-hydrogen) atoms. The fourth-order valence-electron chi connectivity index (χ4n) is 3.50. The van der Waals surface area contributed by atoms with Gasteiger partial charge in [0.25, 0.3) is 0 Å². The molecule has 1 aliphatic rings. The number of methoxy groups -OCH3 is 3. The van der Waals surface area contributed by atoms with E-state index in [2.05, 4.69) is 4.90 Å². The quantitative estimate of drug-likeness (QED) is 0.658. The first-order valence-electron chi connectivity index (χ1n) is 9.79. The van der Waals surface area contributed by atoms with Crippen LogP contribution in [0.15, 0.2) is 30.0 Å². The lowest BCUT2D eigenvalue weighted by Gasteiger charge is -2.20. The van der Waals surface area contributed by atoms with Crippen molar-refractivity contribution in [3.63, 3.8) is 0 Å². The van der Waals surface area contributed by atoms with Gasteiger partial charge in [-0.05, 0) is 43.4 Å². The maximum atomic E-state index is 13.0. The van der Waals surface area contributed by atoms with Crippen molar-refractivity contribution in [2.24, 2.45) is 0 Å². The number of rotatable bonds is 8. The Morgan fingerprint density at radius 3 is 2.30 bits per heavy atom. The van der Waals surface area contributed by atoms with E-state index in [1.807, 2.05) is 13.8 Å². The summed E-state index contributed by atoms with van der Waals surface area (Å²) < 4.78 is 22.2. The number of benzene rings is 2. The van der Waals surface area contributed by atoms with Gasteiger partial charge in [-0.15, -0.1) is 0 Å². The third kappa shape index (κ3) is 3.80. The van der Waals surface area contributed by atoms with Crippen molar-refractivity contribution in [2.45, 2.75) is 20.4 Å². The van der Waals surface area contributed by atoms with Crippen LogP contribution >= 0.6 is 0 Å². The summed E-state index contributed by atoms with van der Waals surface area (Å²) in [7, 11) is 4.58. The number of hydrogen-bond acceptors (Lipinski definition) is 7. The molecule has 0 bridgehead atoms. The average Bonchev–Trinajstić information content (AvgIpc) is 3.08. The van der Waals surface area contributed by atoms with E-state index < -0.39 is 0 Å². The lowest BCUT2D eigenvalue weighted by Crippen LogP contribution is -2.22. The van der Waals surface area contributed by atoms with Gasteiger partial charge < -0.3 is 24.1 Å². The molecule has 0 unspecified atom stereocenters. The molecule has 7 heteroatoms. The van der Waals surface area contributed by atoms with E-state index >= 15 is 0 Å². The molecule has 160 valence electrons. The molecular formula is C23H27NO6. The number of allylic oxidation sites excluding steroid dienone is 1. The number of ketones is 1. The third-order valence-corrected chi connectivity index (χ3v) is 5.21. The topological polar surface area (TPSA) is 77.5 Å². The van der Waals surface area contributed by atoms with Crippen LogP contribution in [0.1, 0.15) is 35.3 Å². The molecule has 1 heterocycles. The Hall–Kier alpha value is -3.19. The summed E-state index contributed by atoms with van der Waals surface area (Å²) in [5.74, 6) is 1.80. The number of hydrogen-bond donors (Lipinski definition) is 1. The minimum atomic E-state index is -0.248. The van der Waals surface area contributed by atoms with E-state index in [0.29, 0.717) is 46.2 Å². The molecule has 0 amide bonds. The Bertz CT molecular complexity index is 978. The summed E-state index contributed by atoms with van der Waals surface area (Å²) in [5, 5.41) is 10.4. The Labute approximate surface area is 176 Å². The number of aromatic hydroxyl groups is 1. The zero-order valence-corrected chi connectivity index (χ0v) is 17.9. The van der Waals surface area contributed by atoms with Crippen molar-refractivity contribution in [1.82, 2.24) is 4.90 Å². The number of nitrogens with zero attached hydrogens (tertiary/aromatic N) is 1. The van der Waals surface area contributed by atoms with Gasteiger partial charge in [-0.3, -0.25) is 9.69 Å². The molecule has 1 N–H and O–H groups in total. The zero-order valence-electron chi connectivity index (χ0n) is 17.9. The molecule has 0 saturated heterocycles. The third-order valence-electron chi connectivity index (χ3n) is 5.21. The second kappa shape index (κ2) is 9.09. The van der Waals surface area contributed by atoms with Gasteiger partial charge in [-0.1, -0.05) is 13.8 Å². The monoisotopic (exact) mass is 413 g/mol. The Morgan fingerprint density at radius 2 is 1.70 bits per heavy atom. The lowest BCUT2D eigenvalue weighted by molar-refractivity contribution is 0.101. The molecule has 1 aliphatic heterocycles. The summed E-state index contributed by atoms with van der Waals surface area (Å²) >= 11 is 0. The fraction of sp³-hybridized carbons (Fsp3) is 0.348. The second-order valence-electron chi connectivity index (χ2n) is 6.76. The largest absolute Gasteiger partial charge is 0.507 e. The summed E-state index contributed by atoms with van der Waals surface area (Å²) in [6.07, 6.45) is 1.61. The predicted octanol–water partition coefficient (Wildman–Crippen LogP) is 3.88. The summed E-state index contributed by atoms with van der Waals surface area (Å²) in [5.41, 5.74) is 1.65. The SMILES string of the molecule is CCN(CC)Cc1c(O)ccc2c1O/C(=C\c1ccc(OC)c(OC)c1OC)C2=O. The average molecular weight is 413 g/mol. The van der Waals surface area contributed by atoms with E-state index in [0.717, 1.165) is 13.1 Å². The lowest BCUT2D eigenvalue weighted by atomic mass is 10.0. The van der Waals surface area contributed by atoms with E-state index in [1.54, 1.807) is 37.5 Å². The van der Waals surface area contributed by atoms with Crippen molar-refractivity contribution < 1.29 is 28.8 Å². The van der Waals surface area contributed by atoms with Crippen molar-refractivity contribution in [3.05, 3.63) is 46.7 Å². The van der Waals surface area contributed by atoms with Gasteiger partial charge >= 0.3 is 0 Å². The molecule has 3 rings (SSSR count). The summed E-state index contributed by atoms with van der Waals surface area (Å²) in [4.78, 5) is 15.1. The highest BCUT2D eigenvalue weighted by Gasteiger charge is 2.32. The number of Topliss-reactive ketones (excluding diaryl/α,β-unsaturated/α-hetero) is 1. The molecule has 2 aromatic carbocycles. The van der Waals surface area contributed by atoms with Gasteiger partial charge in [-0.2, -0.15) is 0 Å². The van der Waals surface area contributed by atoms with Gasteiger partial charge in [0.1, 0.15) is 11.5 Å². The number of carbonyl (C=O) groups is 1. The highest BCUT2D eigenvalue weighted by atomic mass is 16.5. The van der Waals surface area contributed by atoms with Crippen molar-refractivity contribution in [3.8, 4) is 28.7 Å². The smallest absolute Gasteiger partial charge is 0.231 e. The molecule has 0 spiro atoms. The Kier molecular flexibility index (Phi) is 6.52. The number of phenols is 1. The molecule has 2 aromatic rings. The number of fused-ring (bicyclic) bond motifs is 1. The van der Waals surface area contributed by atoms with Crippen LogP contribution in [0.5, 0.6) is 28.7 Å². The number of ether oxygens (including phenoxy) is 4. The fourth-order valence-corrected chi connectivity index (χ4v) is 3.50. The highest BCUT2D eigenvalue weighted by molar-refractivity contribution is 6.15. The van der Waals surface area contributed by atoms with Crippen LogP contribution in [0.25, 0.3) is 6.08 Å². The Morgan fingerprint density at radius 1 is 1.00 bits per heavy atom. The summed E-state index contributed by atoms with van der Waals surface area (Å²) in [6, 6.07) is 6.63. The van der Waals surface area contributed by atoms with E-state index in [4.69, 9.17) is 18.9 Å². The van der Waals surface area contributed by atoms with Gasteiger partial charge in [0, 0.05) is 12.1 Å². The van der Waals surface area contributed by atoms with Crippen LogP contribution in [-0.2, 0) is 6.54 Å². The standard InChI is InChI=1S/C23H27NO6/c1-6-24(7-2)13-16-17(25)10-9-15-20(26)19(30-22(15)16)12-14-8-11-18(27-3)23(29-5)21(14)28-4/h8-12,25H,6-7,13H2,1-5H3/b19-12-. The van der Waals surface area contributed by atoms with Crippen LogP contribution in [0.2, 0.25) is 0 Å². The van der Waals surface area contributed by atoms with Gasteiger partial charge in [-0.25, -0.2) is 0 Å². The van der Waals surface area contributed by atoms with Crippen LogP contribution in [0, 0.1) is 0 Å². The Balaban J connectivity index is 2.04. The van der Waals surface area contributed by atoms with Crippen LogP contribution < -0.4 is 18.9 Å². The second-order valence-corrected chi connectivity index (χ2v) is 6.76. The number of phenolic OH excluding ortho intramolecular Hbond substituents is 1. The predicted molar refractivity (Wildman–Crippen MR) is 114 cm³/mol. The molecule has 0 aliphatic carbocycles. The molecule has 0 saturated carbocycles. The maximum Gasteiger partial charge on any atom is 0.231 e. The minimum absolute atomic E-state index is 0.110. The molecule has 0 aromatic heterocycles. The van der Waals surface area contributed by atoms with Crippen molar-refractivity contribution in [1.29, 1.82) is 0 Å². The zero-order chi connectivity index (χ0) is 21.8. The van der Waals surface area contributed by atoms with Crippen molar-refractivity contribution in [2.75, 3.05) is 34.4 Å².